The largest absolute Gasteiger partial charge is 0.469 e. The highest BCUT2D eigenvalue weighted by atomic mass is 19.4. The van der Waals surface area contributed by atoms with Gasteiger partial charge in [-0.2, -0.15) is 13.2 Å². The van der Waals surface area contributed by atoms with Gasteiger partial charge in [-0.15, -0.1) is 0 Å². The van der Waals surface area contributed by atoms with Crippen LogP contribution in [0, 0.1) is 5.82 Å². The third-order valence-corrected chi connectivity index (χ3v) is 6.95. The third kappa shape index (κ3) is 7.04. The summed E-state index contributed by atoms with van der Waals surface area (Å²) in [7, 11) is 1.26. The number of anilines is 2. The molecule has 212 valence electrons. The number of methoxy groups -OCH3 is 1. The molecule has 0 saturated carbocycles. The van der Waals surface area contributed by atoms with Crippen molar-refractivity contribution in [3.05, 3.63) is 82.4 Å². The Kier molecular flexibility index (Phi) is 8.86. The maximum absolute atomic E-state index is 15.0. The van der Waals surface area contributed by atoms with Crippen molar-refractivity contribution in [1.29, 1.82) is 0 Å². The summed E-state index contributed by atoms with van der Waals surface area (Å²) >= 11 is 0. The van der Waals surface area contributed by atoms with Crippen LogP contribution < -0.4 is 5.32 Å². The summed E-state index contributed by atoms with van der Waals surface area (Å²) in [6.45, 7) is 0.629. The van der Waals surface area contributed by atoms with Gasteiger partial charge in [-0.3, -0.25) is 4.79 Å². The van der Waals surface area contributed by atoms with E-state index in [0.29, 0.717) is 48.8 Å². The molecule has 1 aliphatic heterocycles. The van der Waals surface area contributed by atoms with Gasteiger partial charge in [0.1, 0.15) is 5.82 Å². The number of nitrogens with one attached hydrogen (secondary N) is 1. The van der Waals surface area contributed by atoms with Crippen LogP contribution in [0.1, 0.15) is 46.7 Å². The van der Waals surface area contributed by atoms with Crippen molar-refractivity contribution in [3.8, 4) is 0 Å². The first-order valence-electron chi connectivity index (χ1n) is 12.7. The number of likely N-dealkylation sites (tertiary alicyclic amines) is 1. The molecule has 1 aliphatic rings. The Labute approximate surface area is 228 Å². The molecule has 0 aliphatic carbocycles. The van der Waals surface area contributed by atoms with Crippen LogP contribution in [-0.2, 0) is 35.0 Å². The molecular formula is C28H28F4N4O4. The Morgan fingerprint density at radius 1 is 1.10 bits per heavy atom. The summed E-state index contributed by atoms with van der Waals surface area (Å²) in [5, 5.41) is 11.9. The van der Waals surface area contributed by atoms with Gasteiger partial charge >= 0.3 is 18.2 Å². The average Bonchev–Trinajstić information content (AvgIpc) is 2.92. The van der Waals surface area contributed by atoms with Gasteiger partial charge in [0.05, 0.1) is 24.8 Å². The Morgan fingerprint density at radius 3 is 2.42 bits per heavy atom. The van der Waals surface area contributed by atoms with Gasteiger partial charge in [-0.05, 0) is 60.4 Å². The molecule has 1 aromatic heterocycles. The number of aryl methyl sites for hydroxylation is 2. The number of ether oxygens (including phenoxy) is 1. The zero-order valence-corrected chi connectivity index (χ0v) is 21.7. The zero-order valence-electron chi connectivity index (χ0n) is 21.7. The van der Waals surface area contributed by atoms with Crippen LogP contribution >= 0.6 is 0 Å². The fraction of sp³-hybridized carbons (Fsp3) is 0.357. The summed E-state index contributed by atoms with van der Waals surface area (Å²) in [5.41, 5.74) is 0.854. The molecule has 12 heteroatoms. The predicted molar refractivity (Wildman–Crippen MR) is 138 cm³/mol. The minimum Gasteiger partial charge on any atom is -0.469 e. The van der Waals surface area contributed by atoms with E-state index < -0.39 is 29.6 Å². The Morgan fingerprint density at radius 2 is 1.80 bits per heavy atom. The van der Waals surface area contributed by atoms with Gasteiger partial charge in [0.25, 0.3) is 0 Å². The molecule has 3 aromatic rings. The number of halogens is 4. The third-order valence-electron chi connectivity index (χ3n) is 6.95. The molecule has 2 aromatic carbocycles. The Bertz CT molecular complexity index is 1370. The number of amides is 1. The number of hydrogen-bond donors (Lipinski definition) is 2. The fourth-order valence-electron chi connectivity index (χ4n) is 4.81. The number of nitrogens with zero attached hydrogens (tertiary/aromatic N) is 3. The summed E-state index contributed by atoms with van der Waals surface area (Å²) < 4.78 is 60.8. The Hall–Kier alpha value is -4.22. The number of piperidine rings is 1. The number of benzene rings is 2. The highest BCUT2D eigenvalue weighted by Gasteiger charge is 2.35. The van der Waals surface area contributed by atoms with Gasteiger partial charge in [0.15, 0.2) is 0 Å². The summed E-state index contributed by atoms with van der Waals surface area (Å²) in [6.07, 6.45) is -3.89. The number of alkyl halides is 3. The van der Waals surface area contributed by atoms with Crippen molar-refractivity contribution >= 4 is 23.7 Å². The molecular weight excluding hydrogens is 532 g/mol. The SMILES string of the molecule is COC(=O)Cc1ccccc1CCc1nc(Nc2ccc(C3CCN(C(=O)O)CC3)c(F)c2)ncc1C(F)(F)F. The molecule has 1 fully saturated rings. The number of carboxylic acid groups (broad SMARTS) is 1. The smallest absolute Gasteiger partial charge is 0.419 e. The lowest BCUT2D eigenvalue weighted by atomic mass is 9.89. The van der Waals surface area contributed by atoms with Gasteiger partial charge < -0.3 is 20.1 Å². The van der Waals surface area contributed by atoms with E-state index in [1.807, 2.05) is 0 Å². The van der Waals surface area contributed by atoms with Crippen molar-refractivity contribution < 1.29 is 37.0 Å². The quantitative estimate of drug-likeness (QED) is 0.268. The highest BCUT2D eigenvalue weighted by molar-refractivity contribution is 5.72. The summed E-state index contributed by atoms with van der Waals surface area (Å²) in [4.78, 5) is 32.0. The van der Waals surface area contributed by atoms with Gasteiger partial charge in [-0.1, -0.05) is 30.3 Å². The molecule has 4 rings (SSSR count). The van der Waals surface area contributed by atoms with Crippen LogP contribution in [0.15, 0.2) is 48.7 Å². The second kappa shape index (κ2) is 12.3. The van der Waals surface area contributed by atoms with Gasteiger partial charge in [-0.25, -0.2) is 19.2 Å². The fourth-order valence-corrected chi connectivity index (χ4v) is 4.81. The minimum atomic E-state index is -4.68. The maximum atomic E-state index is 15.0. The summed E-state index contributed by atoms with van der Waals surface area (Å²) in [6, 6.07) is 11.3. The molecule has 0 spiro atoms. The number of rotatable bonds is 8. The zero-order chi connectivity index (χ0) is 28.9. The maximum Gasteiger partial charge on any atom is 0.419 e. The van der Waals surface area contributed by atoms with E-state index in [2.05, 4.69) is 15.3 Å². The van der Waals surface area contributed by atoms with E-state index in [9.17, 15) is 27.2 Å². The van der Waals surface area contributed by atoms with Gasteiger partial charge in [0.2, 0.25) is 5.95 Å². The van der Waals surface area contributed by atoms with Crippen LogP contribution in [0.2, 0.25) is 0 Å². The van der Waals surface area contributed by atoms with E-state index in [1.54, 1.807) is 36.4 Å². The number of aromatic nitrogens is 2. The average molecular weight is 561 g/mol. The summed E-state index contributed by atoms with van der Waals surface area (Å²) in [5.74, 6) is -1.22. The first kappa shape index (κ1) is 28.8. The van der Waals surface area contributed by atoms with Crippen LogP contribution in [0.5, 0.6) is 0 Å². The molecule has 0 unspecified atom stereocenters. The molecule has 1 saturated heterocycles. The lowest BCUT2D eigenvalue weighted by Crippen LogP contribution is -2.36. The first-order valence-corrected chi connectivity index (χ1v) is 12.7. The molecule has 0 radical (unpaired) electrons. The van der Waals surface area contributed by atoms with E-state index in [4.69, 9.17) is 9.84 Å². The topological polar surface area (TPSA) is 105 Å². The monoisotopic (exact) mass is 560 g/mol. The normalized spacial score (nSPS) is 14.2. The molecule has 1 amide bonds. The minimum absolute atomic E-state index is 0.00435. The van der Waals surface area contributed by atoms with E-state index in [-0.39, 0.29) is 42.5 Å². The van der Waals surface area contributed by atoms with Crippen LogP contribution in [0.25, 0.3) is 0 Å². The second-order valence-corrected chi connectivity index (χ2v) is 9.48. The standard InChI is InChI=1S/C28H28F4N4O4/c1-40-25(37)14-19-5-3-2-4-17(19)6-9-24-22(28(30,31)32)16-33-26(35-24)34-20-7-8-21(23(29)15-20)18-10-12-36(13-11-18)27(38)39/h2-5,7-8,15-16,18H,6,9-14H2,1H3,(H,38,39)(H,33,34,35). The molecule has 40 heavy (non-hydrogen) atoms. The lowest BCUT2D eigenvalue weighted by Gasteiger charge is -2.30. The molecule has 0 atom stereocenters. The van der Waals surface area contributed by atoms with Crippen LogP contribution in [-0.4, -0.2) is 52.2 Å². The molecule has 8 nitrogen and oxygen atoms in total. The molecule has 2 heterocycles. The number of carbonyl (C=O) groups excluding carboxylic acids is 1. The first-order chi connectivity index (χ1) is 19.0. The molecule has 0 bridgehead atoms. The van der Waals surface area contributed by atoms with E-state index >= 15 is 0 Å². The second-order valence-electron chi connectivity index (χ2n) is 9.48. The van der Waals surface area contributed by atoms with Gasteiger partial charge in [0, 0.05) is 25.0 Å². The van der Waals surface area contributed by atoms with E-state index in [1.165, 1.54) is 18.1 Å². The molecule has 2 N–H and O–H groups in total. The van der Waals surface area contributed by atoms with E-state index in [0.717, 1.165) is 0 Å². The predicted octanol–water partition coefficient (Wildman–Crippen LogP) is 5.74. The van der Waals surface area contributed by atoms with Crippen molar-refractivity contribution in [2.24, 2.45) is 0 Å². The number of carbonyl (C=O) groups is 2. The van der Waals surface area contributed by atoms with Crippen molar-refractivity contribution in [2.75, 3.05) is 25.5 Å². The van der Waals surface area contributed by atoms with Crippen molar-refractivity contribution in [1.82, 2.24) is 14.9 Å². The van der Waals surface area contributed by atoms with Crippen molar-refractivity contribution in [2.45, 2.75) is 44.2 Å². The number of esters is 1. The Balaban J connectivity index is 1.51. The lowest BCUT2D eigenvalue weighted by molar-refractivity contribution is -0.140. The number of hydrogen-bond acceptors (Lipinski definition) is 6. The van der Waals surface area contributed by atoms with Crippen LogP contribution in [0.3, 0.4) is 0 Å². The van der Waals surface area contributed by atoms with Crippen molar-refractivity contribution in [3.63, 3.8) is 0 Å². The van der Waals surface area contributed by atoms with Crippen LogP contribution in [0.4, 0.5) is 34.0 Å². The highest BCUT2D eigenvalue weighted by Crippen LogP contribution is 2.34.